The van der Waals surface area contributed by atoms with Gasteiger partial charge in [0, 0.05) is 23.7 Å². The van der Waals surface area contributed by atoms with E-state index in [0.29, 0.717) is 5.82 Å². The van der Waals surface area contributed by atoms with Crippen LogP contribution in [0.3, 0.4) is 0 Å². The van der Waals surface area contributed by atoms with Crippen LogP contribution in [0.5, 0.6) is 5.75 Å². The fourth-order valence-electron chi connectivity index (χ4n) is 3.06. The maximum Gasteiger partial charge on any atom is 0.420 e. The van der Waals surface area contributed by atoms with E-state index in [4.69, 9.17) is 4.74 Å². The van der Waals surface area contributed by atoms with Crippen LogP contribution >= 0.6 is 0 Å². The first-order chi connectivity index (χ1) is 12.8. The highest BCUT2D eigenvalue weighted by molar-refractivity contribution is 5.55. The number of aromatic nitrogens is 3. The highest BCUT2D eigenvalue weighted by Gasteiger charge is 2.40. The van der Waals surface area contributed by atoms with Crippen LogP contribution in [0, 0.1) is 11.6 Å². The van der Waals surface area contributed by atoms with E-state index in [1.54, 1.807) is 0 Å². The molecule has 0 N–H and O–H groups in total. The monoisotopic (exact) mass is 383 g/mol. The third-order valence-corrected chi connectivity index (χ3v) is 4.50. The van der Waals surface area contributed by atoms with Gasteiger partial charge in [-0.25, -0.2) is 8.78 Å². The van der Waals surface area contributed by atoms with E-state index >= 15 is 0 Å². The molecule has 1 saturated carbocycles. The number of hydrogen-bond donors (Lipinski definition) is 0. The zero-order valence-electron chi connectivity index (χ0n) is 14.1. The fourth-order valence-corrected chi connectivity index (χ4v) is 3.06. The molecule has 9 heteroatoms. The first-order valence-electron chi connectivity index (χ1n) is 8.32. The lowest BCUT2D eigenvalue weighted by Gasteiger charge is -2.20. The highest BCUT2D eigenvalue weighted by Crippen LogP contribution is 2.42. The van der Waals surface area contributed by atoms with Crippen LogP contribution in [0.2, 0.25) is 0 Å². The molecule has 0 bridgehead atoms. The van der Waals surface area contributed by atoms with Gasteiger partial charge in [0.2, 0.25) is 0 Å². The molecule has 3 aromatic rings. The summed E-state index contributed by atoms with van der Waals surface area (Å²) < 4.78 is 75.1. The number of ether oxygens (including phenoxy) is 1. The Kier molecular flexibility index (Phi) is 4.05. The molecule has 0 amide bonds. The predicted molar refractivity (Wildman–Crippen MR) is 85.4 cm³/mol. The van der Waals surface area contributed by atoms with Gasteiger partial charge in [-0.1, -0.05) is 0 Å². The van der Waals surface area contributed by atoms with Crippen LogP contribution in [-0.4, -0.2) is 14.6 Å². The molecule has 2 heterocycles. The minimum absolute atomic E-state index is 0.113. The molecule has 1 aliphatic rings. The maximum absolute atomic E-state index is 13.8. The van der Waals surface area contributed by atoms with Gasteiger partial charge in [-0.2, -0.15) is 13.2 Å². The molecule has 142 valence electrons. The van der Waals surface area contributed by atoms with E-state index in [0.717, 1.165) is 31.0 Å². The van der Waals surface area contributed by atoms with Crippen molar-refractivity contribution in [2.75, 3.05) is 0 Å². The third kappa shape index (κ3) is 3.22. The van der Waals surface area contributed by atoms with Crippen molar-refractivity contribution in [2.24, 2.45) is 0 Å². The van der Waals surface area contributed by atoms with Gasteiger partial charge in [0.1, 0.15) is 23.3 Å². The molecule has 2 aromatic heterocycles. The minimum Gasteiger partial charge on any atom is -0.483 e. The van der Waals surface area contributed by atoms with Gasteiger partial charge in [0.25, 0.3) is 0 Å². The average molecular weight is 383 g/mol. The lowest BCUT2D eigenvalue weighted by molar-refractivity contribution is -0.138. The Morgan fingerprint density at radius 2 is 1.89 bits per heavy atom. The Morgan fingerprint density at radius 1 is 1.15 bits per heavy atom. The van der Waals surface area contributed by atoms with Crippen LogP contribution in [0.1, 0.15) is 48.7 Å². The van der Waals surface area contributed by atoms with Crippen molar-refractivity contribution in [3.05, 3.63) is 59.0 Å². The van der Waals surface area contributed by atoms with Gasteiger partial charge in [0.05, 0.1) is 0 Å². The molecule has 0 radical (unpaired) electrons. The summed E-state index contributed by atoms with van der Waals surface area (Å²) in [5.74, 6) is -1.47. The smallest absolute Gasteiger partial charge is 0.420 e. The Labute approximate surface area is 150 Å². The second kappa shape index (κ2) is 6.17. The SMILES string of the molecule is C[C@H](Oc1cc(F)ccc1F)c1ccn2c(C3CC3)nnc2c1C(F)(F)F. The van der Waals surface area contributed by atoms with Crippen molar-refractivity contribution in [2.45, 2.75) is 38.0 Å². The van der Waals surface area contributed by atoms with Gasteiger partial charge >= 0.3 is 6.18 Å². The molecule has 0 saturated heterocycles. The molecule has 1 fully saturated rings. The zero-order valence-corrected chi connectivity index (χ0v) is 14.1. The summed E-state index contributed by atoms with van der Waals surface area (Å²) in [6.45, 7) is 1.34. The first kappa shape index (κ1) is 17.7. The largest absolute Gasteiger partial charge is 0.483 e. The van der Waals surface area contributed by atoms with Gasteiger partial charge in [-0.15, -0.1) is 10.2 Å². The summed E-state index contributed by atoms with van der Waals surface area (Å²) in [6.07, 6.45) is -2.73. The van der Waals surface area contributed by atoms with Crippen molar-refractivity contribution < 1.29 is 26.7 Å². The normalized spacial score (nSPS) is 15.9. The van der Waals surface area contributed by atoms with E-state index in [2.05, 4.69) is 10.2 Å². The number of pyridine rings is 1. The van der Waals surface area contributed by atoms with Crippen LogP contribution in [0.4, 0.5) is 22.0 Å². The quantitative estimate of drug-likeness (QED) is 0.593. The molecule has 1 aliphatic carbocycles. The third-order valence-electron chi connectivity index (χ3n) is 4.50. The van der Waals surface area contributed by atoms with Crippen LogP contribution in [0.15, 0.2) is 30.5 Å². The van der Waals surface area contributed by atoms with Gasteiger partial charge < -0.3 is 4.74 Å². The van der Waals surface area contributed by atoms with Gasteiger partial charge in [-0.05, 0) is 38.0 Å². The van der Waals surface area contributed by atoms with E-state index in [9.17, 15) is 22.0 Å². The summed E-state index contributed by atoms with van der Waals surface area (Å²) in [5.41, 5.74) is -1.54. The topological polar surface area (TPSA) is 39.4 Å². The predicted octanol–water partition coefficient (Wildman–Crippen LogP) is 5.04. The van der Waals surface area contributed by atoms with Gasteiger partial charge in [-0.3, -0.25) is 4.40 Å². The van der Waals surface area contributed by atoms with Crippen molar-refractivity contribution in [3.8, 4) is 5.75 Å². The molecule has 0 aliphatic heterocycles. The summed E-state index contributed by atoms with van der Waals surface area (Å²) in [6, 6.07) is 3.80. The second-order valence-electron chi connectivity index (χ2n) is 6.50. The second-order valence-corrected chi connectivity index (χ2v) is 6.50. The van der Waals surface area contributed by atoms with Crippen molar-refractivity contribution in [1.82, 2.24) is 14.6 Å². The standard InChI is InChI=1S/C18H14F5N3O/c1-9(27-14-8-11(19)4-5-13(14)20)12-6-7-26-16(10-2-3-10)24-25-17(26)15(12)18(21,22)23/h4-10H,2-3H2,1H3/t9-/m0/s1. The molecule has 4 nitrogen and oxygen atoms in total. The van der Waals surface area contributed by atoms with Crippen LogP contribution in [0.25, 0.3) is 5.65 Å². The molecule has 1 atom stereocenters. The summed E-state index contributed by atoms with van der Waals surface area (Å²) >= 11 is 0. The van der Waals surface area contributed by atoms with E-state index < -0.39 is 35.2 Å². The Hall–Kier alpha value is -2.71. The number of halogens is 5. The zero-order chi connectivity index (χ0) is 19.3. The molecule has 4 rings (SSSR count). The number of benzene rings is 1. The summed E-state index contributed by atoms with van der Waals surface area (Å²) in [7, 11) is 0. The highest BCUT2D eigenvalue weighted by atomic mass is 19.4. The molecular formula is C18H14F5N3O. The Bertz CT molecular complexity index is 1010. The van der Waals surface area contributed by atoms with Crippen LogP contribution < -0.4 is 4.74 Å². The van der Waals surface area contributed by atoms with Crippen molar-refractivity contribution >= 4 is 5.65 Å². The average Bonchev–Trinajstić information content (AvgIpc) is 3.35. The van der Waals surface area contributed by atoms with E-state index in [-0.39, 0.29) is 17.1 Å². The lowest BCUT2D eigenvalue weighted by atomic mass is 10.0. The van der Waals surface area contributed by atoms with Crippen LogP contribution in [-0.2, 0) is 6.18 Å². The van der Waals surface area contributed by atoms with E-state index in [1.807, 2.05) is 0 Å². The number of hydrogen-bond acceptors (Lipinski definition) is 3. The summed E-state index contributed by atoms with van der Waals surface area (Å²) in [4.78, 5) is 0. The lowest BCUT2D eigenvalue weighted by Crippen LogP contribution is -2.16. The first-order valence-corrected chi connectivity index (χ1v) is 8.32. The minimum atomic E-state index is -4.72. The maximum atomic E-state index is 13.8. The Morgan fingerprint density at radius 3 is 2.56 bits per heavy atom. The fraction of sp³-hybridized carbons (Fsp3) is 0.333. The molecule has 27 heavy (non-hydrogen) atoms. The number of alkyl halides is 3. The van der Waals surface area contributed by atoms with Crippen molar-refractivity contribution in [1.29, 1.82) is 0 Å². The van der Waals surface area contributed by atoms with E-state index in [1.165, 1.54) is 23.6 Å². The number of rotatable bonds is 4. The van der Waals surface area contributed by atoms with Crippen molar-refractivity contribution in [3.63, 3.8) is 0 Å². The number of fused-ring (bicyclic) bond motifs is 1. The summed E-state index contributed by atoms with van der Waals surface area (Å²) in [5, 5.41) is 7.64. The number of nitrogens with zero attached hydrogens (tertiary/aromatic N) is 3. The molecular weight excluding hydrogens is 369 g/mol. The molecule has 1 aromatic carbocycles. The molecule has 0 unspecified atom stereocenters. The Balaban J connectivity index is 1.79. The van der Waals surface area contributed by atoms with Gasteiger partial charge in [0.15, 0.2) is 17.2 Å². The molecule has 0 spiro atoms.